The van der Waals surface area contributed by atoms with Crippen LogP contribution in [-0.2, 0) is 4.79 Å². The summed E-state index contributed by atoms with van der Waals surface area (Å²) in [6.07, 6.45) is 1.57. The summed E-state index contributed by atoms with van der Waals surface area (Å²) in [5.41, 5.74) is 0.605. The Kier molecular flexibility index (Phi) is 6.13. The highest BCUT2D eigenvalue weighted by Crippen LogP contribution is 2.26. The highest BCUT2D eigenvalue weighted by atomic mass is 35.5. The molecule has 7 heteroatoms. The molecule has 0 aromatic heterocycles. The van der Waals surface area contributed by atoms with Gasteiger partial charge in [-0.15, -0.1) is 0 Å². The molecule has 2 N–H and O–H groups in total. The summed E-state index contributed by atoms with van der Waals surface area (Å²) in [5.74, 6) is -0.332. The van der Waals surface area contributed by atoms with E-state index in [0.717, 1.165) is 12.8 Å². The third-order valence-electron chi connectivity index (χ3n) is 3.68. The maximum absolute atomic E-state index is 12.4. The van der Waals surface area contributed by atoms with Gasteiger partial charge >= 0.3 is 6.03 Å². The lowest BCUT2D eigenvalue weighted by atomic mass is 9.97. The summed E-state index contributed by atoms with van der Waals surface area (Å²) in [4.78, 5) is 26.2. The first-order valence-corrected chi connectivity index (χ1v) is 8.43. The Labute approximate surface area is 146 Å². The number of urea groups is 1. The van der Waals surface area contributed by atoms with Crippen LogP contribution in [-0.4, -0.2) is 36.0 Å². The molecular weight excluding hydrogens is 337 g/mol. The normalized spacial score (nSPS) is 18.0. The Bertz CT molecular complexity index is 593. The fraction of sp³-hybridized carbons (Fsp3) is 0.500. The summed E-state index contributed by atoms with van der Waals surface area (Å²) in [5, 5.41) is 6.54. The Morgan fingerprint density at radius 3 is 2.65 bits per heavy atom. The third-order valence-corrected chi connectivity index (χ3v) is 4.42. The number of hydrogen-bond donors (Lipinski definition) is 2. The monoisotopic (exact) mass is 357 g/mol. The average Bonchev–Trinajstić information content (AvgIpc) is 2.50. The number of anilines is 1. The average molecular weight is 358 g/mol. The van der Waals surface area contributed by atoms with E-state index in [1.807, 2.05) is 13.8 Å². The SMILES string of the molecule is CC(C)NC(=O)N1CCC[C@H](C(=O)Nc2ccc(Cl)c(Cl)c2)C1. The number of carbonyl (C=O) groups is 2. The van der Waals surface area contributed by atoms with Crippen LogP contribution in [0.4, 0.5) is 10.5 Å². The molecule has 1 fully saturated rings. The predicted molar refractivity (Wildman–Crippen MR) is 93.1 cm³/mol. The van der Waals surface area contributed by atoms with Crippen molar-refractivity contribution in [3.63, 3.8) is 0 Å². The fourth-order valence-electron chi connectivity index (χ4n) is 2.53. The van der Waals surface area contributed by atoms with Crippen LogP contribution in [0.5, 0.6) is 0 Å². The second-order valence-corrected chi connectivity index (χ2v) is 6.82. The minimum atomic E-state index is -0.226. The van der Waals surface area contributed by atoms with Gasteiger partial charge in [0.1, 0.15) is 0 Å². The molecule has 1 heterocycles. The second kappa shape index (κ2) is 7.88. The summed E-state index contributed by atoms with van der Waals surface area (Å²) in [7, 11) is 0. The highest BCUT2D eigenvalue weighted by Gasteiger charge is 2.28. The van der Waals surface area contributed by atoms with Gasteiger partial charge in [0, 0.05) is 24.8 Å². The zero-order valence-electron chi connectivity index (χ0n) is 13.2. The number of nitrogens with zero attached hydrogens (tertiary/aromatic N) is 1. The van der Waals surface area contributed by atoms with Gasteiger partial charge in [0.15, 0.2) is 0 Å². The number of nitrogens with one attached hydrogen (secondary N) is 2. The molecule has 1 aromatic rings. The van der Waals surface area contributed by atoms with Crippen molar-refractivity contribution in [2.45, 2.75) is 32.7 Å². The predicted octanol–water partition coefficient (Wildman–Crippen LogP) is 3.76. The number of benzene rings is 1. The van der Waals surface area contributed by atoms with Crippen LogP contribution in [0.1, 0.15) is 26.7 Å². The first kappa shape index (κ1) is 17.9. The molecule has 1 aliphatic rings. The van der Waals surface area contributed by atoms with Crippen LogP contribution >= 0.6 is 23.2 Å². The van der Waals surface area contributed by atoms with Gasteiger partial charge in [-0.25, -0.2) is 4.79 Å². The van der Waals surface area contributed by atoms with Crippen molar-refractivity contribution in [1.29, 1.82) is 0 Å². The number of carbonyl (C=O) groups excluding carboxylic acids is 2. The summed E-state index contributed by atoms with van der Waals surface area (Å²) < 4.78 is 0. The topological polar surface area (TPSA) is 61.4 Å². The Morgan fingerprint density at radius 2 is 2.00 bits per heavy atom. The molecule has 2 rings (SSSR count). The summed E-state index contributed by atoms with van der Waals surface area (Å²) >= 11 is 11.8. The molecule has 0 radical (unpaired) electrons. The molecule has 0 unspecified atom stereocenters. The van der Waals surface area contributed by atoms with E-state index in [0.29, 0.717) is 28.8 Å². The largest absolute Gasteiger partial charge is 0.336 e. The number of piperidine rings is 1. The zero-order valence-corrected chi connectivity index (χ0v) is 14.7. The van der Waals surface area contributed by atoms with Gasteiger partial charge in [0.05, 0.1) is 16.0 Å². The Hall–Kier alpha value is -1.46. The lowest BCUT2D eigenvalue weighted by Crippen LogP contribution is -2.49. The van der Waals surface area contributed by atoms with Crippen molar-refractivity contribution in [3.8, 4) is 0 Å². The van der Waals surface area contributed by atoms with Gasteiger partial charge in [0.25, 0.3) is 0 Å². The maximum Gasteiger partial charge on any atom is 0.317 e. The number of amides is 3. The van der Waals surface area contributed by atoms with Crippen LogP contribution in [0.3, 0.4) is 0 Å². The van der Waals surface area contributed by atoms with Crippen LogP contribution < -0.4 is 10.6 Å². The lowest BCUT2D eigenvalue weighted by molar-refractivity contribution is -0.121. The van der Waals surface area contributed by atoms with E-state index in [1.165, 1.54) is 0 Å². The van der Waals surface area contributed by atoms with Crippen molar-refractivity contribution >= 4 is 40.8 Å². The van der Waals surface area contributed by atoms with Crippen LogP contribution in [0.15, 0.2) is 18.2 Å². The van der Waals surface area contributed by atoms with Crippen LogP contribution in [0.25, 0.3) is 0 Å². The molecule has 0 spiro atoms. The minimum absolute atomic E-state index is 0.0768. The fourth-order valence-corrected chi connectivity index (χ4v) is 2.83. The van der Waals surface area contributed by atoms with Gasteiger partial charge in [-0.1, -0.05) is 23.2 Å². The quantitative estimate of drug-likeness (QED) is 0.864. The second-order valence-electron chi connectivity index (χ2n) is 6.01. The maximum atomic E-state index is 12.4. The van der Waals surface area contributed by atoms with E-state index in [1.54, 1.807) is 23.1 Å². The number of likely N-dealkylation sites (tertiary alicyclic amines) is 1. The van der Waals surface area contributed by atoms with Crippen molar-refractivity contribution in [1.82, 2.24) is 10.2 Å². The molecule has 0 aliphatic carbocycles. The Morgan fingerprint density at radius 1 is 1.26 bits per heavy atom. The van der Waals surface area contributed by atoms with E-state index >= 15 is 0 Å². The van der Waals surface area contributed by atoms with Gasteiger partial charge < -0.3 is 15.5 Å². The van der Waals surface area contributed by atoms with Crippen molar-refractivity contribution < 1.29 is 9.59 Å². The van der Waals surface area contributed by atoms with Crippen molar-refractivity contribution in [3.05, 3.63) is 28.2 Å². The van der Waals surface area contributed by atoms with E-state index in [-0.39, 0.29) is 23.9 Å². The zero-order chi connectivity index (χ0) is 17.0. The third kappa shape index (κ3) is 5.01. The van der Waals surface area contributed by atoms with E-state index in [4.69, 9.17) is 23.2 Å². The first-order chi connectivity index (χ1) is 10.9. The van der Waals surface area contributed by atoms with E-state index in [9.17, 15) is 9.59 Å². The lowest BCUT2D eigenvalue weighted by Gasteiger charge is -2.32. The number of rotatable bonds is 3. The molecule has 23 heavy (non-hydrogen) atoms. The summed E-state index contributed by atoms with van der Waals surface area (Å²) in [6, 6.07) is 4.93. The van der Waals surface area contributed by atoms with Gasteiger partial charge in [-0.05, 0) is 44.9 Å². The number of hydrogen-bond acceptors (Lipinski definition) is 2. The first-order valence-electron chi connectivity index (χ1n) is 7.68. The molecule has 0 bridgehead atoms. The van der Waals surface area contributed by atoms with E-state index in [2.05, 4.69) is 10.6 Å². The molecule has 5 nitrogen and oxygen atoms in total. The van der Waals surface area contributed by atoms with Gasteiger partial charge in [0.2, 0.25) is 5.91 Å². The minimum Gasteiger partial charge on any atom is -0.336 e. The molecule has 1 atom stereocenters. The molecule has 0 saturated carbocycles. The smallest absolute Gasteiger partial charge is 0.317 e. The molecule has 1 saturated heterocycles. The van der Waals surface area contributed by atoms with Crippen molar-refractivity contribution in [2.24, 2.45) is 5.92 Å². The van der Waals surface area contributed by atoms with Crippen LogP contribution in [0, 0.1) is 5.92 Å². The molecule has 3 amide bonds. The highest BCUT2D eigenvalue weighted by molar-refractivity contribution is 6.42. The van der Waals surface area contributed by atoms with Gasteiger partial charge in [-0.2, -0.15) is 0 Å². The molecule has 1 aromatic carbocycles. The van der Waals surface area contributed by atoms with Crippen LogP contribution in [0.2, 0.25) is 10.0 Å². The van der Waals surface area contributed by atoms with E-state index < -0.39 is 0 Å². The van der Waals surface area contributed by atoms with Gasteiger partial charge in [-0.3, -0.25) is 4.79 Å². The molecule has 1 aliphatic heterocycles. The molecular formula is C16H21Cl2N3O2. The molecule has 126 valence electrons. The summed E-state index contributed by atoms with van der Waals surface area (Å²) in [6.45, 7) is 4.92. The number of halogens is 2. The van der Waals surface area contributed by atoms with Crippen molar-refractivity contribution in [2.75, 3.05) is 18.4 Å². The standard InChI is InChI=1S/C16H21Cl2N3O2/c1-10(2)19-16(23)21-7-3-4-11(9-21)15(22)20-12-5-6-13(17)14(18)8-12/h5-6,8,10-11H,3-4,7,9H2,1-2H3,(H,19,23)(H,20,22)/t11-/m0/s1. The Balaban J connectivity index is 1.96.